The number of rotatable bonds is 3. The van der Waals surface area contributed by atoms with Crippen LogP contribution < -0.4 is 10.5 Å². The van der Waals surface area contributed by atoms with Gasteiger partial charge in [0.05, 0.1) is 23.8 Å². The Morgan fingerprint density at radius 3 is 2.86 bits per heavy atom. The van der Waals surface area contributed by atoms with Gasteiger partial charge in [-0.3, -0.25) is 0 Å². The summed E-state index contributed by atoms with van der Waals surface area (Å²) in [5, 5.41) is 0. The van der Waals surface area contributed by atoms with Crippen LogP contribution >= 0.6 is 0 Å². The molecule has 0 aromatic heterocycles. The molecule has 1 atom stereocenters. The summed E-state index contributed by atoms with van der Waals surface area (Å²) >= 11 is 0. The van der Waals surface area contributed by atoms with Gasteiger partial charge in [0.2, 0.25) is 0 Å². The van der Waals surface area contributed by atoms with E-state index >= 15 is 0 Å². The fourth-order valence-corrected chi connectivity index (χ4v) is 3.42. The summed E-state index contributed by atoms with van der Waals surface area (Å²) in [5.41, 5.74) is 6.50. The molecule has 1 heterocycles. The van der Waals surface area contributed by atoms with E-state index in [0.29, 0.717) is 13.2 Å². The minimum atomic E-state index is 0.174. The Balaban J connectivity index is 1.58. The topological polar surface area (TPSA) is 44.5 Å². The van der Waals surface area contributed by atoms with Crippen LogP contribution in [0.4, 0.5) is 0 Å². The molecule has 1 saturated carbocycles. The van der Waals surface area contributed by atoms with Gasteiger partial charge in [0, 0.05) is 0 Å². The number of nitrogens with two attached hydrogens (primary N) is 1. The van der Waals surface area contributed by atoms with Crippen LogP contribution in [0, 0.1) is 11.8 Å². The number of hydrogen-bond acceptors (Lipinski definition) is 3. The SMILES string of the molecule is NCC#Cc1ccccc1OCC1CCC2(CCCC2)O1. The molecule has 3 rings (SSSR count). The summed E-state index contributed by atoms with van der Waals surface area (Å²) in [6.07, 6.45) is 7.59. The lowest BCUT2D eigenvalue weighted by Gasteiger charge is -2.23. The second kappa shape index (κ2) is 6.51. The Hall–Kier alpha value is -1.50. The van der Waals surface area contributed by atoms with Crippen molar-refractivity contribution < 1.29 is 9.47 Å². The first-order valence-electron chi connectivity index (χ1n) is 7.90. The lowest BCUT2D eigenvalue weighted by molar-refractivity contribution is -0.0509. The van der Waals surface area contributed by atoms with E-state index in [1.165, 1.54) is 32.1 Å². The smallest absolute Gasteiger partial charge is 0.135 e. The van der Waals surface area contributed by atoms with Crippen LogP contribution in [-0.2, 0) is 4.74 Å². The van der Waals surface area contributed by atoms with Crippen molar-refractivity contribution >= 4 is 0 Å². The lowest BCUT2D eigenvalue weighted by atomic mass is 9.98. The van der Waals surface area contributed by atoms with Crippen molar-refractivity contribution in [2.75, 3.05) is 13.2 Å². The molecule has 1 unspecified atom stereocenters. The van der Waals surface area contributed by atoms with Gasteiger partial charge in [0.25, 0.3) is 0 Å². The third-order valence-electron chi connectivity index (χ3n) is 4.49. The highest BCUT2D eigenvalue weighted by molar-refractivity contribution is 5.45. The molecule has 112 valence electrons. The molecule has 1 aliphatic heterocycles. The van der Waals surface area contributed by atoms with E-state index in [0.717, 1.165) is 17.7 Å². The van der Waals surface area contributed by atoms with Crippen LogP contribution in [0.3, 0.4) is 0 Å². The normalized spacial score (nSPS) is 23.0. The summed E-state index contributed by atoms with van der Waals surface area (Å²) in [6, 6.07) is 7.86. The second-order valence-corrected chi connectivity index (χ2v) is 5.98. The van der Waals surface area contributed by atoms with Crippen molar-refractivity contribution in [1.82, 2.24) is 0 Å². The maximum Gasteiger partial charge on any atom is 0.135 e. The molecular weight excluding hydrogens is 262 g/mol. The van der Waals surface area contributed by atoms with Crippen molar-refractivity contribution in [1.29, 1.82) is 0 Å². The molecule has 0 amide bonds. The van der Waals surface area contributed by atoms with Crippen LogP contribution in [0.25, 0.3) is 0 Å². The lowest BCUT2D eigenvalue weighted by Crippen LogP contribution is -2.27. The summed E-state index contributed by atoms with van der Waals surface area (Å²) in [6.45, 7) is 0.978. The van der Waals surface area contributed by atoms with E-state index in [1.807, 2.05) is 24.3 Å². The monoisotopic (exact) mass is 285 g/mol. The zero-order valence-corrected chi connectivity index (χ0v) is 12.4. The van der Waals surface area contributed by atoms with E-state index in [9.17, 15) is 0 Å². The third-order valence-corrected chi connectivity index (χ3v) is 4.49. The van der Waals surface area contributed by atoms with E-state index in [1.54, 1.807) is 0 Å². The van der Waals surface area contributed by atoms with E-state index in [-0.39, 0.29) is 11.7 Å². The van der Waals surface area contributed by atoms with Crippen LogP contribution in [0.2, 0.25) is 0 Å². The fraction of sp³-hybridized carbons (Fsp3) is 0.556. The first kappa shape index (κ1) is 14.4. The molecule has 0 radical (unpaired) electrons. The molecular formula is C18H23NO2. The Morgan fingerprint density at radius 2 is 2.05 bits per heavy atom. The number of benzene rings is 1. The maximum atomic E-state index is 6.27. The van der Waals surface area contributed by atoms with Gasteiger partial charge in [-0.25, -0.2) is 0 Å². The Morgan fingerprint density at radius 1 is 1.24 bits per heavy atom. The van der Waals surface area contributed by atoms with Crippen LogP contribution in [0.15, 0.2) is 24.3 Å². The van der Waals surface area contributed by atoms with Gasteiger partial charge >= 0.3 is 0 Å². The maximum absolute atomic E-state index is 6.27. The summed E-state index contributed by atoms with van der Waals surface area (Å²) in [5.74, 6) is 6.76. The third kappa shape index (κ3) is 3.40. The van der Waals surface area contributed by atoms with Crippen molar-refractivity contribution in [2.24, 2.45) is 5.73 Å². The molecule has 3 nitrogen and oxygen atoms in total. The first-order valence-corrected chi connectivity index (χ1v) is 7.90. The van der Waals surface area contributed by atoms with E-state index < -0.39 is 0 Å². The molecule has 21 heavy (non-hydrogen) atoms. The average molecular weight is 285 g/mol. The van der Waals surface area contributed by atoms with Crippen LogP contribution in [0.1, 0.15) is 44.1 Å². The predicted octanol–water partition coefficient (Wildman–Crippen LogP) is 2.87. The van der Waals surface area contributed by atoms with Crippen LogP contribution in [0.5, 0.6) is 5.75 Å². The Bertz CT molecular complexity index is 538. The highest BCUT2D eigenvalue weighted by Crippen LogP contribution is 2.43. The van der Waals surface area contributed by atoms with Gasteiger partial charge < -0.3 is 15.2 Å². The van der Waals surface area contributed by atoms with E-state index in [2.05, 4.69) is 11.8 Å². The van der Waals surface area contributed by atoms with Gasteiger partial charge in [-0.1, -0.05) is 36.8 Å². The zero-order chi connectivity index (χ0) is 14.5. The van der Waals surface area contributed by atoms with Gasteiger partial charge in [-0.2, -0.15) is 0 Å². The van der Waals surface area contributed by atoms with Gasteiger partial charge in [-0.05, 0) is 37.8 Å². The zero-order valence-electron chi connectivity index (χ0n) is 12.4. The summed E-state index contributed by atoms with van der Waals surface area (Å²) in [7, 11) is 0. The summed E-state index contributed by atoms with van der Waals surface area (Å²) < 4.78 is 12.2. The quantitative estimate of drug-likeness (QED) is 0.869. The largest absolute Gasteiger partial charge is 0.490 e. The van der Waals surface area contributed by atoms with Gasteiger partial charge in [-0.15, -0.1) is 0 Å². The minimum Gasteiger partial charge on any atom is -0.490 e. The standard InChI is InChI=1S/C18H23NO2/c19-13-5-7-15-6-1-2-8-17(15)20-14-16-9-12-18(21-16)10-3-4-11-18/h1-2,6,8,16H,3-4,9-14,19H2. The van der Waals surface area contributed by atoms with E-state index in [4.69, 9.17) is 15.2 Å². The molecule has 2 N–H and O–H groups in total. The van der Waals surface area contributed by atoms with Crippen molar-refractivity contribution in [2.45, 2.75) is 50.2 Å². The molecule has 1 aromatic carbocycles. The first-order chi connectivity index (χ1) is 10.3. The average Bonchev–Trinajstić information content (AvgIpc) is 3.14. The van der Waals surface area contributed by atoms with Gasteiger partial charge in [0.1, 0.15) is 12.4 Å². The Labute approximate surface area is 126 Å². The number of para-hydroxylation sites is 1. The molecule has 1 aromatic rings. The molecule has 3 heteroatoms. The number of ether oxygens (including phenoxy) is 2. The Kier molecular flexibility index (Phi) is 4.48. The highest BCUT2D eigenvalue weighted by atomic mass is 16.6. The second-order valence-electron chi connectivity index (χ2n) is 5.98. The van der Waals surface area contributed by atoms with Crippen molar-refractivity contribution in [3.8, 4) is 17.6 Å². The van der Waals surface area contributed by atoms with Crippen molar-refractivity contribution in [3.05, 3.63) is 29.8 Å². The molecule has 1 saturated heterocycles. The highest BCUT2D eigenvalue weighted by Gasteiger charge is 2.42. The predicted molar refractivity (Wildman–Crippen MR) is 83.2 cm³/mol. The molecule has 2 aliphatic rings. The van der Waals surface area contributed by atoms with Gasteiger partial charge in [0.15, 0.2) is 0 Å². The summed E-state index contributed by atoms with van der Waals surface area (Å²) in [4.78, 5) is 0. The fourth-order valence-electron chi connectivity index (χ4n) is 3.42. The molecule has 1 aliphatic carbocycles. The van der Waals surface area contributed by atoms with Crippen molar-refractivity contribution in [3.63, 3.8) is 0 Å². The minimum absolute atomic E-state index is 0.174. The number of hydrogen-bond donors (Lipinski definition) is 1. The van der Waals surface area contributed by atoms with Crippen LogP contribution in [-0.4, -0.2) is 24.9 Å². The molecule has 0 bridgehead atoms. The molecule has 1 spiro atoms. The molecule has 2 fully saturated rings.